The quantitative estimate of drug-likeness (QED) is 0.786. The topological polar surface area (TPSA) is 43.8 Å². The Morgan fingerprint density at radius 2 is 2.21 bits per heavy atom. The molecule has 1 atom stereocenters. The Labute approximate surface area is 81.3 Å². The van der Waals surface area contributed by atoms with Crippen molar-refractivity contribution in [3.63, 3.8) is 0 Å². The second kappa shape index (κ2) is 3.38. The number of fused-ring (bicyclic) bond motifs is 1. The fourth-order valence-corrected chi connectivity index (χ4v) is 1.65. The molecule has 2 N–H and O–H groups in total. The molecule has 0 saturated carbocycles. The third-order valence-corrected chi connectivity index (χ3v) is 2.29. The molecule has 0 amide bonds. The number of nitrogens with zero attached hydrogens (tertiary/aromatic N) is 2. The maximum absolute atomic E-state index is 13.5. The molecular formula is C10H12FN3. The minimum absolute atomic E-state index is 0.0104. The molecule has 1 heterocycles. The lowest BCUT2D eigenvalue weighted by Crippen LogP contribution is -2.11. The van der Waals surface area contributed by atoms with E-state index in [0.717, 1.165) is 10.9 Å². The number of alkyl halides is 1. The van der Waals surface area contributed by atoms with Gasteiger partial charge in [0.15, 0.2) is 6.17 Å². The highest BCUT2D eigenvalue weighted by Gasteiger charge is 2.16. The monoisotopic (exact) mass is 193 g/mol. The largest absolute Gasteiger partial charge is 0.327 e. The fraction of sp³-hybridized carbons (Fsp3) is 0.300. The first-order chi connectivity index (χ1) is 6.74. The predicted octanol–water partition coefficient (Wildman–Crippen LogP) is 1.54. The van der Waals surface area contributed by atoms with Crippen LogP contribution in [0, 0.1) is 0 Å². The Morgan fingerprint density at radius 1 is 1.50 bits per heavy atom. The van der Waals surface area contributed by atoms with Gasteiger partial charge in [-0.25, -0.2) is 4.39 Å². The van der Waals surface area contributed by atoms with E-state index in [0.29, 0.717) is 5.69 Å². The van der Waals surface area contributed by atoms with E-state index in [4.69, 9.17) is 5.73 Å². The lowest BCUT2D eigenvalue weighted by Gasteiger charge is -2.05. The van der Waals surface area contributed by atoms with Crippen molar-refractivity contribution in [1.82, 2.24) is 9.78 Å². The number of halogens is 1. The van der Waals surface area contributed by atoms with Gasteiger partial charge in [-0.2, -0.15) is 5.10 Å². The van der Waals surface area contributed by atoms with Crippen molar-refractivity contribution in [2.45, 2.75) is 6.17 Å². The zero-order valence-corrected chi connectivity index (χ0v) is 7.94. The summed E-state index contributed by atoms with van der Waals surface area (Å²) in [5.74, 6) is 0. The van der Waals surface area contributed by atoms with Gasteiger partial charge in [0.1, 0.15) is 0 Å². The zero-order chi connectivity index (χ0) is 10.1. The Bertz CT molecular complexity index is 450. The number of aryl methyl sites for hydroxylation is 1. The number of hydrogen-bond donors (Lipinski definition) is 1. The summed E-state index contributed by atoms with van der Waals surface area (Å²) in [4.78, 5) is 0. The van der Waals surface area contributed by atoms with Gasteiger partial charge in [-0.15, -0.1) is 0 Å². The SMILES string of the molecule is Cn1nc2ccccc2c1C(F)CN. The van der Waals surface area contributed by atoms with Crippen LogP contribution in [0.25, 0.3) is 10.9 Å². The highest BCUT2D eigenvalue weighted by molar-refractivity contribution is 5.81. The summed E-state index contributed by atoms with van der Waals surface area (Å²) in [6.07, 6.45) is -1.15. The molecule has 0 aliphatic heterocycles. The van der Waals surface area contributed by atoms with Gasteiger partial charge in [-0.05, 0) is 6.07 Å². The molecule has 74 valence electrons. The Balaban J connectivity index is 2.67. The molecule has 0 aliphatic rings. The molecule has 0 spiro atoms. The number of aromatic nitrogens is 2. The van der Waals surface area contributed by atoms with Crippen molar-refractivity contribution in [3.05, 3.63) is 30.0 Å². The zero-order valence-electron chi connectivity index (χ0n) is 7.94. The number of nitrogens with two attached hydrogens (primary N) is 1. The van der Waals surface area contributed by atoms with E-state index in [2.05, 4.69) is 5.10 Å². The summed E-state index contributed by atoms with van der Waals surface area (Å²) in [7, 11) is 1.73. The lowest BCUT2D eigenvalue weighted by atomic mass is 10.1. The highest BCUT2D eigenvalue weighted by atomic mass is 19.1. The van der Waals surface area contributed by atoms with Crippen LogP contribution in [-0.2, 0) is 7.05 Å². The van der Waals surface area contributed by atoms with Gasteiger partial charge in [0.2, 0.25) is 0 Å². The van der Waals surface area contributed by atoms with Gasteiger partial charge in [0, 0.05) is 19.0 Å². The van der Waals surface area contributed by atoms with Crippen LogP contribution in [-0.4, -0.2) is 16.3 Å². The van der Waals surface area contributed by atoms with Gasteiger partial charge in [-0.3, -0.25) is 4.68 Å². The van der Waals surface area contributed by atoms with E-state index < -0.39 is 6.17 Å². The van der Waals surface area contributed by atoms with Crippen molar-refractivity contribution >= 4 is 10.9 Å². The van der Waals surface area contributed by atoms with Crippen LogP contribution in [0.5, 0.6) is 0 Å². The maximum atomic E-state index is 13.5. The minimum Gasteiger partial charge on any atom is -0.327 e. The fourth-order valence-electron chi connectivity index (χ4n) is 1.65. The van der Waals surface area contributed by atoms with E-state index >= 15 is 0 Å². The molecule has 2 aromatic rings. The molecule has 1 aromatic carbocycles. The third kappa shape index (κ3) is 1.28. The average Bonchev–Trinajstić information content (AvgIpc) is 2.53. The molecule has 0 bridgehead atoms. The molecule has 1 unspecified atom stereocenters. The summed E-state index contributed by atoms with van der Waals surface area (Å²) in [6.45, 7) is -0.0104. The molecule has 0 aliphatic carbocycles. The highest BCUT2D eigenvalue weighted by Crippen LogP contribution is 2.24. The molecule has 14 heavy (non-hydrogen) atoms. The second-order valence-electron chi connectivity index (χ2n) is 3.23. The van der Waals surface area contributed by atoms with Crippen molar-refractivity contribution < 1.29 is 4.39 Å². The first-order valence-electron chi connectivity index (χ1n) is 4.50. The van der Waals surface area contributed by atoms with Crippen LogP contribution in [0.3, 0.4) is 0 Å². The molecule has 3 nitrogen and oxygen atoms in total. The molecule has 2 rings (SSSR count). The standard InChI is InChI=1S/C10H12FN3/c1-14-10(8(11)6-12)7-4-2-3-5-9(7)13-14/h2-5,8H,6,12H2,1H3. The molecule has 4 heteroatoms. The van der Waals surface area contributed by atoms with E-state index in [9.17, 15) is 4.39 Å². The number of hydrogen-bond acceptors (Lipinski definition) is 2. The van der Waals surface area contributed by atoms with E-state index in [1.807, 2.05) is 24.3 Å². The van der Waals surface area contributed by atoms with Crippen molar-refractivity contribution in [2.24, 2.45) is 12.8 Å². The van der Waals surface area contributed by atoms with Gasteiger partial charge in [0.25, 0.3) is 0 Å². The minimum atomic E-state index is -1.15. The van der Waals surface area contributed by atoms with E-state index in [1.165, 1.54) is 0 Å². The maximum Gasteiger partial charge on any atom is 0.154 e. The molecule has 0 saturated heterocycles. The van der Waals surface area contributed by atoms with Crippen molar-refractivity contribution in [3.8, 4) is 0 Å². The first-order valence-corrected chi connectivity index (χ1v) is 4.50. The van der Waals surface area contributed by atoms with Crippen LogP contribution in [0.15, 0.2) is 24.3 Å². The van der Waals surface area contributed by atoms with Gasteiger partial charge in [0.05, 0.1) is 11.2 Å². The molecule has 0 radical (unpaired) electrons. The normalized spacial score (nSPS) is 13.4. The van der Waals surface area contributed by atoms with Gasteiger partial charge >= 0.3 is 0 Å². The van der Waals surface area contributed by atoms with Crippen LogP contribution >= 0.6 is 0 Å². The summed E-state index contributed by atoms with van der Waals surface area (Å²) < 4.78 is 15.1. The van der Waals surface area contributed by atoms with Crippen LogP contribution in [0.4, 0.5) is 4.39 Å². The summed E-state index contributed by atoms with van der Waals surface area (Å²) >= 11 is 0. The molecule has 0 fully saturated rings. The van der Waals surface area contributed by atoms with Crippen molar-refractivity contribution in [2.75, 3.05) is 6.54 Å². The number of rotatable bonds is 2. The Morgan fingerprint density at radius 3 is 2.93 bits per heavy atom. The van der Waals surface area contributed by atoms with Gasteiger partial charge < -0.3 is 5.73 Å². The third-order valence-electron chi connectivity index (χ3n) is 2.29. The van der Waals surface area contributed by atoms with Crippen LogP contribution in [0.2, 0.25) is 0 Å². The Hall–Kier alpha value is -1.42. The van der Waals surface area contributed by atoms with Crippen molar-refractivity contribution in [1.29, 1.82) is 0 Å². The van der Waals surface area contributed by atoms with Gasteiger partial charge in [-0.1, -0.05) is 18.2 Å². The summed E-state index contributed by atoms with van der Waals surface area (Å²) in [5, 5.41) is 5.04. The second-order valence-corrected chi connectivity index (χ2v) is 3.23. The van der Waals surface area contributed by atoms with Crippen LogP contribution in [0.1, 0.15) is 11.9 Å². The summed E-state index contributed by atoms with van der Waals surface area (Å²) in [6, 6.07) is 7.48. The Kier molecular flexibility index (Phi) is 2.21. The lowest BCUT2D eigenvalue weighted by molar-refractivity contribution is 0.336. The predicted molar refractivity (Wildman–Crippen MR) is 53.6 cm³/mol. The summed E-state index contributed by atoms with van der Waals surface area (Å²) in [5.41, 5.74) is 6.67. The van der Waals surface area contributed by atoms with E-state index in [-0.39, 0.29) is 6.54 Å². The van der Waals surface area contributed by atoms with E-state index in [1.54, 1.807) is 11.7 Å². The molecule has 1 aromatic heterocycles. The van der Waals surface area contributed by atoms with Crippen LogP contribution < -0.4 is 5.73 Å². The smallest absolute Gasteiger partial charge is 0.154 e. The average molecular weight is 193 g/mol. The first kappa shape index (κ1) is 9.15. The molecular weight excluding hydrogens is 181 g/mol. The number of benzene rings is 1.